The van der Waals surface area contributed by atoms with Crippen LogP contribution in [-0.4, -0.2) is 35.9 Å². The summed E-state index contributed by atoms with van der Waals surface area (Å²) in [6, 6.07) is 6.97. The van der Waals surface area contributed by atoms with Gasteiger partial charge in [0.2, 0.25) is 5.91 Å². The highest BCUT2D eigenvalue weighted by atomic mass is 32.1. The molecule has 0 saturated heterocycles. The maximum absolute atomic E-state index is 11.9. The molecule has 0 aliphatic carbocycles. The molecule has 0 fully saturated rings. The first-order chi connectivity index (χ1) is 8.41. The van der Waals surface area contributed by atoms with Gasteiger partial charge in [-0.1, -0.05) is 12.1 Å². The Balaban J connectivity index is 2.92. The number of amides is 2. The summed E-state index contributed by atoms with van der Waals surface area (Å²) < 4.78 is 0. The number of para-hydroxylation sites is 1. The number of carbonyl (C=O) groups excluding carboxylic acids is 2. The third kappa shape index (κ3) is 3.81. The summed E-state index contributed by atoms with van der Waals surface area (Å²) in [5.41, 5.74) is 1.06. The van der Waals surface area contributed by atoms with Gasteiger partial charge < -0.3 is 15.5 Å². The van der Waals surface area contributed by atoms with Crippen molar-refractivity contribution in [2.24, 2.45) is 0 Å². The lowest BCUT2D eigenvalue weighted by Crippen LogP contribution is -2.33. The third-order valence-electron chi connectivity index (χ3n) is 2.10. The first-order valence-corrected chi connectivity index (χ1v) is 5.72. The predicted molar refractivity (Wildman–Crippen MR) is 74.5 cm³/mol. The van der Waals surface area contributed by atoms with E-state index in [4.69, 9.17) is 12.2 Å². The van der Waals surface area contributed by atoms with Crippen LogP contribution in [0.1, 0.15) is 17.3 Å². The van der Waals surface area contributed by atoms with Crippen molar-refractivity contribution >= 4 is 34.8 Å². The van der Waals surface area contributed by atoms with Crippen LogP contribution in [0.5, 0.6) is 0 Å². The van der Waals surface area contributed by atoms with E-state index in [1.54, 1.807) is 38.4 Å². The van der Waals surface area contributed by atoms with Gasteiger partial charge in [-0.3, -0.25) is 9.59 Å². The van der Waals surface area contributed by atoms with Gasteiger partial charge in [0.25, 0.3) is 5.91 Å². The third-order valence-corrected chi connectivity index (χ3v) is 2.31. The maximum atomic E-state index is 11.9. The summed E-state index contributed by atoms with van der Waals surface area (Å²) in [4.78, 5) is 24.3. The number of nitrogens with zero attached hydrogens (tertiary/aromatic N) is 1. The molecule has 2 N–H and O–H groups in total. The number of anilines is 1. The molecule has 5 nitrogen and oxygen atoms in total. The van der Waals surface area contributed by atoms with E-state index in [1.807, 2.05) is 0 Å². The van der Waals surface area contributed by atoms with E-state index in [9.17, 15) is 9.59 Å². The van der Waals surface area contributed by atoms with Crippen molar-refractivity contribution in [3.63, 3.8) is 0 Å². The molecule has 2 amide bonds. The monoisotopic (exact) mass is 265 g/mol. The van der Waals surface area contributed by atoms with Crippen molar-refractivity contribution in [3.8, 4) is 0 Å². The highest BCUT2D eigenvalue weighted by molar-refractivity contribution is 7.80. The summed E-state index contributed by atoms with van der Waals surface area (Å²) >= 11 is 4.96. The average molecular weight is 265 g/mol. The first-order valence-electron chi connectivity index (χ1n) is 5.31. The van der Waals surface area contributed by atoms with Crippen LogP contribution < -0.4 is 10.6 Å². The minimum absolute atomic E-state index is 0.135. The zero-order valence-corrected chi connectivity index (χ0v) is 11.3. The molecular formula is C12H15N3O2S. The Labute approximate surface area is 111 Å². The predicted octanol–water partition coefficient (Wildman–Crippen LogP) is 1.22. The Morgan fingerprint density at radius 2 is 1.83 bits per heavy atom. The molecular weight excluding hydrogens is 250 g/mol. The van der Waals surface area contributed by atoms with Crippen molar-refractivity contribution in [1.29, 1.82) is 0 Å². The van der Waals surface area contributed by atoms with Crippen LogP contribution in [0, 0.1) is 0 Å². The SMILES string of the molecule is CC(=O)NC(=S)Nc1ccccc1C(=O)N(C)C. The lowest BCUT2D eigenvalue weighted by atomic mass is 10.1. The van der Waals surface area contributed by atoms with Gasteiger partial charge in [0, 0.05) is 21.0 Å². The van der Waals surface area contributed by atoms with Crippen LogP contribution in [0.15, 0.2) is 24.3 Å². The van der Waals surface area contributed by atoms with Crippen molar-refractivity contribution < 1.29 is 9.59 Å². The van der Waals surface area contributed by atoms with E-state index in [0.29, 0.717) is 11.3 Å². The van der Waals surface area contributed by atoms with Crippen molar-refractivity contribution in [3.05, 3.63) is 29.8 Å². The van der Waals surface area contributed by atoms with E-state index in [-0.39, 0.29) is 16.9 Å². The molecule has 6 heteroatoms. The molecule has 1 aromatic carbocycles. The van der Waals surface area contributed by atoms with E-state index in [1.165, 1.54) is 11.8 Å². The van der Waals surface area contributed by atoms with E-state index in [2.05, 4.69) is 10.6 Å². The lowest BCUT2D eigenvalue weighted by molar-refractivity contribution is -0.117. The fourth-order valence-corrected chi connectivity index (χ4v) is 1.59. The van der Waals surface area contributed by atoms with E-state index in [0.717, 1.165) is 0 Å². The molecule has 96 valence electrons. The van der Waals surface area contributed by atoms with Gasteiger partial charge in [0.1, 0.15) is 0 Å². The molecule has 0 heterocycles. The number of nitrogens with one attached hydrogen (secondary N) is 2. The van der Waals surface area contributed by atoms with Gasteiger partial charge in [0.15, 0.2) is 5.11 Å². The molecule has 0 atom stereocenters. The second kappa shape index (κ2) is 6.11. The molecule has 0 aliphatic rings. The van der Waals surface area contributed by atoms with Crippen LogP contribution in [0.3, 0.4) is 0 Å². The Bertz CT molecular complexity index is 486. The zero-order valence-electron chi connectivity index (χ0n) is 10.5. The molecule has 1 rings (SSSR count). The van der Waals surface area contributed by atoms with Gasteiger partial charge in [-0.25, -0.2) is 0 Å². The van der Waals surface area contributed by atoms with Crippen molar-refractivity contribution in [2.45, 2.75) is 6.92 Å². The number of rotatable bonds is 2. The van der Waals surface area contributed by atoms with Gasteiger partial charge in [-0.15, -0.1) is 0 Å². The molecule has 0 radical (unpaired) electrons. The summed E-state index contributed by atoms with van der Waals surface area (Å²) in [6.45, 7) is 1.37. The molecule has 0 aliphatic heterocycles. The maximum Gasteiger partial charge on any atom is 0.255 e. The van der Waals surface area contributed by atoms with Crippen molar-refractivity contribution in [2.75, 3.05) is 19.4 Å². The van der Waals surface area contributed by atoms with Crippen LogP contribution in [0.25, 0.3) is 0 Å². The number of benzene rings is 1. The minimum Gasteiger partial charge on any atom is -0.345 e. The Hall–Kier alpha value is -1.95. The summed E-state index contributed by atoms with van der Waals surface area (Å²) in [5.74, 6) is -0.396. The quantitative estimate of drug-likeness (QED) is 0.789. The Morgan fingerprint density at radius 1 is 1.22 bits per heavy atom. The fourth-order valence-electron chi connectivity index (χ4n) is 1.33. The summed E-state index contributed by atoms with van der Waals surface area (Å²) in [7, 11) is 3.34. The fraction of sp³-hybridized carbons (Fsp3) is 0.250. The smallest absolute Gasteiger partial charge is 0.255 e. The van der Waals surface area contributed by atoms with Gasteiger partial charge in [-0.05, 0) is 24.4 Å². The summed E-state index contributed by atoms with van der Waals surface area (Å²) in [5, 5.41) is 5.44. The van der Waals surface area contributed by atoms with Crippen LogP contribution >= 0.6 is 12.2 Å². The Kier molecular flexibility index (Phi) is 4.79. The van der Waals surface area contributed by atoms with Gasteiger partial charge in [-0.2, -0.15) is 0 Å². The Morgan fingerprint density at radius 3 is 2.39 bits per heavy atom. The molecule has 1 aromatic rings. The first kappa shape index (κ1) is 14.1. The van der Waals surface area contributed by atoms with E-state index < -0.39 is 0 Å². The normalized spacial score (nSPS) is 9.50. The van der Waals surface area contributed by atoms with Crippen LogP contribution in [0.2, 0.25) is 0 Å². The molecule has 18 heavy (non-hydrogen) atoms. The van der Waals surface area contributed by atoms with Crippen LogP contribution in [-0.2, 0) is 4.79 Å². The average Bonchev–Trinajstić information content (AvgIpc) is 2.27. The second-order valence-electron chi connectivity index (χ2n) is 3.88. The topological polar surface area (TPSA) is 61.4 Å². The number of hydrogen-bond acceptors (Lipinski definition) is 3. The highest BCUT2D eigenvalue weighted by Crippen LogP contribution is 2.16. The van der Waals surface area contributed by atoms with Crippen molar-refractivity contribution in [1.82, 2.24) is 10.2 Å². The van der Waals surface area contributed by atoms with Crippen LogP contribution in [0.4, 0.5) is 5.69 Å². The molecule has 0 unspecified atom stereocenters. The minimum atomic E-state index is -0.260. The second-order valence-corrected chi connectivity index (χ2v) is 4.29. The van der Waals surface area contributed by atoms with Gasteiger partial charge >= 0.3 is 0 Å². The molecule has 0 bridgehead atoms. The largest absolute Gasteiger partial charge is 0.345 e. The highest BCUT2D eigenvalue weighted by Gasteiger charge is 2.13. The van der Waals surface area contributed by atoms with E-state index >= 15 is 0 Å². The number of carbonyl (C=O) groups is 2. The standard InChI is InChI=1S/C12H15N3O2S/c1-8(16)13-12(18)14-10-7-5-4-6-9(10)11(17)15(2)3/h4-7H,1-3H3,(H2,13,14,16,18). The number of hydrogen-bond donors (Lipinski definition) is 2. The molecule has 0 spiro atoms. The lowest BCUT2D eigenvalue weighted by Gasteiger charge is -2.15. The molecule has 0 saturated carbocycles. The molecule has 0 aromatic heterocycles. The zero-order chi connectivity index (χ0) is 13.7. The number of thiocarbonyl (C=S) groups is 1. The van der Waals surface area contributed by atoms with Gasteiger partial charge in [0.05, 0.1) is 11.3 Å². The summed E-state index contributed by atoms with van der Waals surface area (Å²) in [6.07, 6.45) is 0.